The van der Waals surface area contributed by atoms with Gasteiger partial charge in [0.2, 0.25) is 0 Å². The van der Waals surface area contributed by atoms with Crippen molar-refractivity contribution in [3.05, 3.63) is 24.3 Å². The van der Waals surface area contributed by atoms with Gasteiger partial charge in [0.25, 0.3) is 0 Å². The molecule has 17 heavy (non-hydrogen) atoms. The van der Waals surface area contributed by atoms with Gasteiger partial charge >= 0.3 is 6.36 Å². The molecule has 6 heteroatoms. The molecule has 3 nitrogen and oxygen atoms in total. The largest absolute Gasteiger partial charge is 0.573 e. The van der Waals surface area contributed by atoms with Crippen LogP contribution < -0.4 is 10.1 Å². The second-order valence-electron chi connectivity index (χ2n) is 4.24. The maximum Gasteiger partial charge on any atom is 0.573 e. The van der Waals surface area contributed by atoms with E-state index in [0.717, 1.165) is 0 Å². The Morgan fingerprint density at radius 2 is 1.71 bits per heavy atom. The summed E-state index contributed by atoms with van der Waals surface area (Å²) in [6, 6.07) is 5.32. The fourth-order valence-corrected chi connectivity index (χ4v) is 1.09. The van der Waals surface area contributed by atoms with Crippen LogP contribution in [0.4, 0.5) is 18.9 Å². The van der Waals surface area contributed by atoms with Gasteiger partial charge in [0.05, 0.1) is 5.60 Å². The van der Waals surface area contributed by atoms with Crippen molar-refractivity contribution in [1.82, 2.24) is 0 Å². The predicted octanol–water partition coefficient (Wildman–Crippen LogP) is 2.77. The average Bonchev–Trinajstić information content (AvgIpc) is 2.13. The maximum atomic E-state index is 11.9. The molecule has 0 fully saturated rings. The Balaban J connectivity index is 2.56. The van der Waals surface area contributed by atoms with Crippen molar-refractivity contribution in [3.63, 3.8) is 0 Å². The number of alkyl halides is 3. The van der Waals surface area contributed by atoms with Gasteiger partial charge in [-0.1, -0.05) is 0 Å². The van der Waals surface area contributed by atoms with Crippen molar-refractivity contribution >= 4 is 5.69 Å². The monoisotopic (exact) mass is 249 g/mol. The summed E-state index contributed by atoms with van der Waals surface area (Å²) in [5.41, 5.74) is -0.275. The minimum absolute atomic E-state index is 0.272. The molecule has 0 saturated carbocycles. The van der Waals surface area contributed by atoms with Crippen LogP contribution in [0.1, 0.15) is 13.8 Å². The van der Waals surface area contributed by atoms with Crippen LogP contribution in [0.15, 0.2) is 24.3 Å². The number of rotatable bonds is 4. The highest BCUT2D eigenvalue weighted by Crippen LogP contribution is 2.24. The van der Waals surface area contributed by atoms with E-state index in [1.54, 1.807) is 13.8 Å². The van der Waals surface area contributed by atoms with Gasteiger partial charge in [0, 0.05) is 12.2 Å². The molecule has 0 aliphatic heterocycles. The minimum atomic E-state index is -4.68. The SMILES string of the molecule is CC(C)(O)CNc1ccc(OC(F)(F)F)cc1. The fourth-order valence-electron chi connectivity index (χ4n) is 1.09. The molecule has 0 aliphatic rings. The molecule has 0 atom stereocenters. The lowest BCUT2D eigenvalue weighted by Crippen LogP contribution is -2.29. The first-order chi connectivity index (χ1) is 7.66. The number of aliphatic hydroxyl groups is 1. The smallest absolute Gasteiger partial charge is 0.406 e. The van der Waals surface area contributed by atoms with E-state index in [1.165, 1.54) is 24.3 Å². The van der Waals surface area contributed by atoms with E-state index in [4.69, 9.17) is 0 Å². The molecule has 2 N–H and O–H groups in total. The van der Waals surface area contributed by atoms with Crippen molar-refractivity contribution in [2.75, 3.05) is 11.9 Å². The predicted molar refractivity (Wildman–Crippen MR) is 57.9 cm³/mol. The first-order valence-corrected chi connectivity index (χ1v) is 4.98. The van der Waals surface area contributed by atoms with Gasteiger partial charge in [-0.3, -0.25) is 0 Å². The molecular weight excluding hydrogens is 235 g/mol. The average molecular weight is 249 g/mol. The Kier molecular flexibility index (Phi) is 3.87. The lowest BCUT2D eigenvalue weighted by atomic mass is 10.1. The van der Waals surface area contributed by atoms with E-state index in [2.05, 4.69) is 10.1 Å². The van der Waals surface area contributed by atoms with Gasteiger partial charge in [-0.15, -0.1) is 13.2 Å². The summed E-state index contributed by atoms with van der Waals surface area (Å²) in [6.07, 6.45) is -4.68. The van der Waals surface area contributed by atoms with Gasteiger partial charge in [-0.2, -0.15) is 0 Å². The van der Waals surface area contributed by atoms with Gasteiger partial charge in [0.15, 0.2) is 0 Å². The number of nitrogens with one attached hydrogen (secondary N) is 1. The number of benzene rings is 1. The van der Waals surface area contributed by atoms with Crippen LogP contribution in [0.25, 0.3) is 0 Å². The van der Waals surface area contributed by atoms with Crippen LogP contribution in [0.2, 0.25) is 0 Å². The Morgan fingerprint density at radius 1 is 1.18 bits per heavy atom. The van der Waals surface area contributed by atoms with E-state index in [0.29, 0.717) is 12.2 Å². The van der Waals surface area contributed by atoms with Gasteiger partial charge in [0.1, 0.15) is 5.75 Å². The molecule has 96 valence electrons. The van der Waals surface area contributed by atoms with Crippen LogP contribution in [-0.2, 0) is 0 Å². The Bertz CT molecular complexity index is 354. The quantitative estimate of drug-likeness (QED) is 0.862. The fraction of sp³-hybridized carbons (Fsp3) is 0.455. The summed E-state index contributed by atoms with van der Waals surface area (Å²) in [5, 5.41) is 12.3. The Labute approximate surface area is 97.2 Å². The van der Waals surface area contributed by atoms with Crippen molar-refractivity contribution in [2.45, 2.75) is 25.8 Å². The highest BCUT2D eigenvalue weighted by atomic mass is 19.4. The number of anilines is 1. The standard InChI is InChI=1S/C11H14F3NO2/c1-10(2,16)7-15-8-3-5-9(6-4-8)17-11(12,13)14/h3-6,15-16H,7H2,1-2H3. The Hall–Kier alpha value is -1.43. The molecule has 0 amide bonds. The van der Waals surface area contributed by atoms with Crippen molar-refractivity contribution in [1.29, 1.82) is 0 Å². The third kappa shape index (κ3) is 6.01. The summed E-state index contributed by atoms with van der Waals surface area (Å²) in [7, 11) is 0. The summed E-state index contributed by atoms with van der Waals surface area (Å²) in [4.78, 5) is 0. The molecule has 0 radical (unpaired) electrons. The van der Waals surface area contributed by atoms with Gasteiger partial charge < -0.3 is 15.2 Å². The molecule has 1 aromatic carbocycles. The number of hydrogen-bond donors (Lipinski definition) is 2. The van der Waals surface area contributed by atoms with Crippen LogP contribution in [-0.4, -0.2) is 23.6 Å². The lowest BCUT2D eigenvalue weighted by Gasteiger charge is -2.18. The van der Waals surface area contributed by atoms with Gasteiger partial charge in [-0.05, 0) is 38.1 Å². The summed E-state index contributed by atoms with van der Waals surface area (Å²) >= 11 is 0. The van der Waals surface area contributed by atoms with Crippen LogP contribution in [0, 0.1) is 0 Å². The van der Waals surface area contributed by atoms with Crippen LogP contribution in [0.5, 0.6) is 5.75 Å². The molecular formula is C11H14F3NO2. The first-order valence-electron chi connectivity index (χ1n) is 4.98. The van der Waals surface area contributed by atoms with E-state index in [1.807, 2.05) is 0 Å². The zero-order chi connectivity index (χ0) is 13.1. The second kappa shape index (κ2) is 4.83. The molecule has 0 bridgehead atoms. The van der Waals surface area contributed by atoms with E-state index < -0.39 is 12.0 Å². The maximum absolute atomic E-state index is 11.9. The lowest BCUT2D eigenvalue weighted by molar-refractivity contribution is -0.274. The zero-order valence-electron chi connectivity index (χ0n) is 9.51. The second-order valence-corrected chi connectivity index (χ2v) is 4.24. The molecule has 0 aromatic heterocycles. The summed E-state index contributed by atoms with van der Waals surface area (Å²) in [5.74, 6) is -0.272. The van der Waals surface area contributed by atoms with Crippen molar-refractivity contribution in [3.8, 4) is 5.75 Å². The third-order valence-corrected chi connectivity index (χ3v) is 1.81. The molecule has 0 saturated heterocycles. The molecule has 0 spiro atoms. The van der Waals surface area contributed by atoms with E-state index in [9.17, 15) is 18.3 Å². The third-order valence-electron chi connectivity index (χ3n) is 1.81. The van der Waals surface area contributed by atoms with Crippen molar-refractivity contribution in [2.24, 2.45) is 0 Å². The topological polar surface area (TPSA) is 41.5 Å². The summed E-state index contributed by atoms with van der Waals surface area (Å²) < 4.78 is 39.4. The molecule has 0 aliphatic carbocycles. The van der Waals surface area contributed by atoms with Crippen LogP contribution >= 0.6 is 0 Å². The first kappa shape index (κ1) is 13.6. The van der Waals surface area contributed by atoms with Crippen LogP contribution in [0.3, 0.4) is 0 Å². The van der Waals surface area contributed by atoms with Gasteiger partial charge in [-0.25, -0.2) is 0 Å². The van der Waals surface area contributed by atoms with Crippen molar-refractivity contribution < 1.29 is 23.0 Å². The summed E-state index contributed by atoms with van der Waals surface area (Å²) in [6.45, 7) is 3.55. The normalized spacial score (nSPS) is 12.4. The number of ether oxygens (including phenoxy) is 1. The number of halogens is 3. The Morgan fingerprint density at radius 3 is 2.12 bits per heavy atom. The minimum Gasteiger partial charge on any atom is -0.406 e. The zero-order valence-corrected chi connectivity index (χ0v) is 9.51. The molecule has 0 unspecified atom stereocenters. The highest BCUT2D eigenvalue weighted by Gasteiger charge is 2.30. The molecule has 0 heterocycles. The van der Waals surface area contributed by atoms with E-state index >= 15 is 0 Å². The highest BCUT2D eigenvalue weighted by molar-refractivity contribution is 5.46. The molecule has 1 rings (SSSR count). The molecule has 1 aromatic rings. The van der Waals surface area contributed by atoms with E-state index in [-0.39, 0.29) is 5.75 Å². The number of hydrogen-bond acceptors (Lipinski definition) is 3.